The van der Waals surface area contributed by atoms with Gasteiger partial charge in [-0.2, -0.15) is 0 Å². The lowest BCUT2D eigenvalue weighted by Crippen LogP contribution is -2.03. The number of carbonyl (C=O) groups excluding carboxylic acids is 1. The summed E-state index contributed by atoms with van der Waals surface area (Å²) in [7, 11) is 1.38. The first-order valence-corrected chi connectivity index (χ1v) is 7.51. The van der Waals surface area contributed by atoms with Crippen molar-refractivity contribution < 1.29 is 9.53 Å². The Bertz CT molecular complexity index is 822. The maximum absolute atomic E-state index is 11.6. The molecule has 0 unspecified atom stereocenters. The van der Waals surface area contributed by atoms with Crippen LogP contribution < -0.4 is 0 Å². The number of aromatic nitrogens is 2. The van der Waals surface area contributed by atoms with Crippen molar-refractivity contribution in [3.05, 3.63) is 57.4 Å². The molecule has 0 radical (unpaired) electrons. The number of esters is 1. The van der Waals surface area contributed by atoms with Crippen LogP contribution in [-0.4, -0.2) is 22.5 Å². The first kappa shape index (κ1) is 14.1. The summed E-state index contributed by atoms with van der Waals surface area (Å²) in [5.74, 6) is -0.349. The number of hydrogen-bond acceptors (Lipinski definition) is 3. The fraction of sp³-hybridized carbons (Fsp3) is 0.125. The highest BCUT2D eigenvalue weighted by atomic mass is 127. The molecule has 5 heteroatoms. The molecule has 1 aromatic carbocycles. The maximum atomic E-state index is 11.6. The number of ether oxygens (including phenoxy) is 1. The van der Waals surface area contributed by atoms with Gasteiger partial charge < -0.3 is 4.74 Å². The molecule has 0 atom stereocenters. The Labute approximate surface area is 135 Å². The van der Waals surface area contributed by atoms with Gasteiger partial charge in [-0.3, -0.25) is 4.40 Å². The van der Waals surface area contributed by atoms with Crippen molar-refractivity contribution in [3.63, 3.8) is 0 Å². The number of imidazole rings is 1. The Morgan fingerprint density at radius 2 is 1.90 bits per heavy atom. The number of carbonyl (C=O) groups is 1. The van der Waals surface area contributed by atoms with E-state index < -0.39 is 0 Å². The third-order valence-electron chi connectivity index (χ3n) is 3.31. The van der Waals surface area contributed by atoms with Gasteiger partial charge in [-0.25, -0.2) is 9.78 Å². The van der Waals surface area contributed by atoms with Crippen molar-refractivity contribution in [1.29, 1.82) is 0 Å². The fourth-order valence-electron chi connectivity index (χ4n) is 2.15. The third-order valence-corrected chi connectivity index (χ3v) is 4.34. The van der Waals surface area contributed by atoms with E-state index >= 15 is 0 Å². The van der Waals surface area contributed by atoms with Crippen LogP contribution in [0, 0.1) is 10.6 Å². The summed E-state index contributed by atoms with van der Waals surface area (Å²) >= 11 is 2.25. The van der Waals surface area contributed by atoms with E-state index in [1.54, 1.807) is 12.3 Å². The van der Waals surface area contributed by atoms with Crippen molar-refractivity contribution in [3.8, 4) is 11.3 Å². The molecule has 0 saturated heterocycles. The van der Waals surface area contributed by atoms with Gasteiger partial charge in [-0.1, -0.05) is 29.8 Å². The van der Waals surface area contributed by atoms with Crippen LogP contribution in [-0.2, 0) is 4.74 Å². The number of methoxy groups -OCH3 is 1. The first-order chi connectivity index (χ1) is 10.1. The molecule has 0 amide bonds. The van der Waals surface area contributed by atoms with E-state index in [1.807, 2.05) is 10.5 Å². The van der Waals surface area contributed by atoms with E-state index in [0.29, 0.717) is 5.56 Å². The van der Waals surface area contributed by atoms with Gasteiger partial charge in [0, 0.05) is 11.8 Å². The summed E-state index contributed by atoms with van der Waals surface area (Å²) in [6.07, 6.45) is 1.76. The first-order valence-electron chi connectivity index (χ1n) is 6.43. The highest BCUT2D eigenvalue weighted by Crippen LogP contribution is 2.26. The van der Waals surface area contributed by atoms with Crippen molar-refractivity contribution in [1.82, 2.24) is 9.38 Å². The normalized spacial score (nSPS) is 10.8. The zero-order valence-electron chi connectivity index (χ0n) is 11.6. The molecule has 0 aliphatic rings. The molecule has 21 heavy (non-hydrogen) atoms. The van der Waals surface area contributed by atoms with Gasteiger partial charge in [0.25, 0.3) is 0 Å². The molecule has 0 bridgehead atoms. The van der Waals surface area contributed by atoms with E-state index in [-0.39, 0.29) is 5.97 Å². The van der Waals surface area contributed by atoms with Gasteiger partial charge >= 0.3 is 5.97 Å². The Balaban J connectivity index is 2.15. The van der Waals surface area contributed by atoms with E-state index in [0.717, 1.165) is 20.6 Å². The lowest BCUT2D eigenvalue weighted by Gasteiger charge is -2.01. The Morgan fingerprint density at radius 1 is 1.19 bits per heavy atom. The summed E-state index contributed by atoms with van der Waals surface area (Å²) in [6, 6.07) is 11.8. The number of nitrogens with zero attached hydrogens (tertiary/aromatic N) is 2. The standard InChI is InChI=1S/C16H13IN2O2/c1-10-3-5-11(6-4-10)14-15(17)19-9-12(16(20)21-2)7-8-13(19)18-14/h3-9H,1-2H3. The molecule has 0 N–H and O–H groups in total. The smallest absolute Gasteiger partial charge is 0.339 e. The number of halogens is 1. The Kier molecular flexibility index (Phi) is 3.67. The predicted molar refractivity (Wildman–Crippen MR) is 89.4 cm³/mol. The van der Waals surface area contributed by atoms with Crippen LogP contribution in [0.2, 0.25) is 0 Å². The topological polar surface area (TPSA) is 43.6 Å². The van der Waals surface area contributed by atoms with Crippen LogP contribution in [0.15, 0.2) is 42.6 Å². The maximum Gasteiger partial charge on any atom is 0.339 e. The van der Waals surface area contributed by atoms with Gasteiger partial charge in [0.2, 0.25) is 0 Å². The SMILES string of the molecule is COC(=O)c1ccc2nc(-c3ccc(C)cc3)c(I)n2c1. The Morgan fingerprint density at radius 3 is 2.57 bits per heavy atom. The monoisotopic (exact) mass is 392 g/mol. The number of fused-ring (bicyclic) bond motifs is 1. The molecule has 0 spiro atoms. The van der Waals surface area contributed by atoms with E-state index in [4.69, 9.17) is 4.74 Å². The minimum absolute atomic E-state index is 0.349. The van der Waals surface area contributed by atoms with Crippen LogP contribution >= 0.6 is 22.6 Å². The van der Waals surface area contributed by atoms with Gasteiger partial charge in [-0.15, -0.1) is 0 Å². The molecule has 3 rings (SSSR count). The third kappa shape index (κ3) is 2.53. The Hall–Kier alpha value is -1.89. The summed E-state index contributed by atoms with van der Waals surface area (Å²) in [5.41, 5.74) is 4.51. The van der Waals surface area contributed by atoms with Crippen LogP contribution in [0.3, 0.4) is 0 Å². The highest BCUT2D eigenvalue weighted by Gasteiger charge is 2.14. The number of rotatable bonds is 2. The van der Waals surface area contributed by atoms with E-state index in [2.05, 4.69) is 58.8 Å². The molecule has 2 heterocycles. The van der Waals surface area contributed by atoms with Crippen LogP contribution in [0.4, 0.5) is 0 Å². The van der Waals surface area contributed by atoms with E-state index in [1.165, 1.54) is 12.7 Å². The zero-order chi connectivity index (χ0) is 15.0. The van der Waals surface area contributed by atoms with Crippen molar-refractivity contribution in [2.45, 2.75) is 6.92 Å². The van der Waals surface area contributed by atoms with Gasteiger partial charge in [0.15, 0.2) is 0 Å². The van der Waals surface area contributed by atoms with E-state index in [9.17, 15) is 4.79 Å². The molecule has 2 aromatic heterocycles. The van der Waals surface area contributed by atoms with Crippen molar-refractivity contribution >= 4 is 34.2 Å². The van der Waals surface area contributed by atoms with Crippen LogP contribution in [0.25, 0.3) is 16.9 Å². The largest absolute Gasteiger partial charge is 0.465 e. The molecule has 0 saturated carbocycles. The minimum Gasteiger partial charge on any atom is -0.465 e. The molecule has 106 valence electrons. The zero-order valence-corrected chi connectivity index (χ0v) is 13.8. The fourth-order valence-corrected chi connectivity index (χ4v) is 2.97. The van der Waals surface area contributed by atoms with Gasteiger partial charge in [0.05, 0.1) is 12.7 Å². The average molecular weight is 392 g/mol. The van der Waals surface area contributed by atoms with Crippen LogP contribution in [0.1, 0.15) is 15.9 Å². The summed E-state index contributed by atoms with van der Waals surface area (Å²) in [4.78, 5) is 16.3. The molecular weight excluding hydrogens is 379 g/mol. The van der Waals surface area contributed by atoms with Gasteiger partial charge in [0.1, 0.15) is 15.0 Å². The number of hydrogen-bond donors (Lipinski definition) is 0. The number of aryl methyl sites for hydroxylation is 1. The molecule has 0 aliphatic carbocycles. The number of pyridine rings is 1. The minimum atomic E-state index is -0.349. The summed E-state index contributed by atoms with van der Waals surface area (Å²) < 4.78 is 7.63. The predicted octanol–water partition coefficient (Wildman–Crippen LogP) is 3.70. The summed E-state index contributed by atoms with van der Waals surface area (Å²) in [6.45, 7) is 2.06. The molecule has 3 aromatic rings. The molecule has 0 fully saturated rings. The highest BCUT2D eigenvalue weighted by molar-refractivity contribution is 14.1. The van der Waals surface area contributed by atoms with Crippen molar-refractivity contribution in [2.75, 3.05) is 7.11 Å². The molecular formula is C16H13IN2O2. The quantitative estimate of drug-likeness (QED) is 0.494. The molecule has 4 nitrogen and oxygen atoms in total. The second-order valence-electron chi connectivity index (χ2n) is 4.75. The number of benzene rings is 1. The second-order valence-corrected chi connectivity index (χ2v) is 5.78. The average Bonchev–Trinajstić information content (AvgIpc) is 2.84. The van der Waals surface area contributed by atoms with Crippen LogP contribution in [0.5, 0.6) is 0 Å². The van der Waals surface area contributed by atoms with Gasteiger partial charge in [-0.05, 0) is 41.6 Å². The lowest BCUT2D eigenvalue weighted by atomic mass is 10.1. The molecule has 0 aliphatic heterocycles. The second kappa shape index (κ2) is 5.48. The van der Waals surface area contributed by atoms with Crippen molar-refractivity contribution in [2.24, 2.45) is 0 Å². The summed E-state index contributed by atoms with van der Waals surface area (Å²) in [5, 5.41) is 0. The lowest BCUT2D eigenvalue weighted by molar-refractivity contribution is 0.0600.